The molecule has 1 atom stereocenters. The van der Waals surface area contributed by atoms with Crippen LogP contribution in [0, 0.1) is 0 Å². The zero-order valence-corrected chi connectivity index (χ0v) is 16.0. The topological polar surface area (TPSA) is 68.5 Å². The highest BCUT2D eigenvalue weighted by Gasteiger charge is 2.35. The van der Waals surface area contributed by atoms with Gasteiger partial charge in [0, 0.05) is 24.6 Å². The molecular formula is C20H27N3O3. The summed E-state index contributed by atoms with van der Waals surface area (Å²) in [5, 5.41) is 4.13. The Hall–Kier alpha value is -2.37. The van der Waals surface area contributed by atoms with E-state index < -0.39 is 0 Å². The van der Waals surface area contributed by atoms with Gasteiger partial charge < -0.3 is 14.2 Å². The van der Waals surface area contributed by atoms with Crippen molar-refractivity contribution in [1.82, 2.24) is 10.1 Å². The minimum Gasteiger partial charge on any atom is -0.469 e. The summed E-state index contributed by atoms with van der Waals surface area (Å²) in [4.78, 5) is 18.0. The number of para-hydroxylation sites is 1. The molecule has 1 aromatic heterocycles. The molecule has 0 saturated carbocycles. The fourth-order valence-electron chi connectivity index (χ4n) is 3.83. The van der Waals surface area contributed by atoms with Gasteiger partial charge in [0.2, 0.25) is 5.89 Å². The number of anilines is 1. The molecule has 0 radical (unpaired) electrons. The lowest BCUT2D eigenvalue weighted by Crippen LogP contribution is -2.43. The summed E-state index contributed by atoms with van der Waals surface area (Å²) in [6.07, 6.45) is 2.67. The number of carbonyl (C=O) groups is 1. The number of ether oxygens (including phenoxy) is 1. The standard InChI is InChI=1S/C20H27N3O3/c1-14-12-20(2,3)15-8-5-6-9-16(15)23(14)13-17-21-18(26-22-17)10-7-11-19(24)25-4/h5-6,8-9,14H,7,10-13H2,1-4H3/t14-/m1/s1. The molecule has 1 aromatic carbocycles. The van der Waals surface area contributed by atoms with Crippen LogP contribution in [0.1, 0.15) is 57.3 Å². The van der Waals surface area contributed by atoms with Crippen LogP contribution in [0.15, 0.2) is 28.8 Å². The van der Waals surface area contributed by atoms with Gasteiger partial charge in [-0.3, -0.25) is 4.79 Å². The molecule has 0 aliphatic carbocycles. The quantitative estimate of drug-likeness (QED) is 0.735. The van der Waals surface area contributed by atoms with Gasteiger partial charge in [0.05, 0.1) is 13.7 Å². The van der Waals surface area contributed by atoms with Gasteiger partial charge in [0.25, 0.3) is 0 Å². The Bertz CT molecular complexity index is 769. The molecule has 26 heavy (non-hydrogen) atoms. The molecular weight excluding hydrogens is 330 g/mol. The van der Waals surface area contributed by atoms with E-state index >= 15 is 0 Å². The minimum absolute atomic E-state index is 0.156. The van der Waals surface area contributed by atoms with Gasteiger partial charge in [-0.15, -0.1) is 0 Å². The summed E-state index contributed by atoms with van der Waals surface area (Å²) in [5.74, 6) is 1.03. The molecule has 0 N–H and O–H groups in total. The lowest BCUT2D eigenvalue weighted by atomic mass is 9.75. The molecule has 6 nitrogen and oxygen atoms in total. The monoisotopic (exact) mass is 357 g/mol. The Balaban J connectivity index is 1.70. The van der Waals surface area contributed by atoms with Crippen LogP contribution >= 0.6 is 0 Å². The molecule has 3 rings (SSSR count). The Kier molecular flexibility index (Phi) is 5.30. The Morgan fingerprint density at radius 3 is 2.92 bits per heavy atom. The number of hydrogen-bond donors (Lipinski definition) is 0. The number of nitrogens with zero attached hydrogens (tertiary/aromatic N) is 3. The van der Waals surface area contributed by atoms with Gasteiger partial charge in [-0.25, -0.2) is 0 Å². The van der Waals surface area contributed by atoms with Crippen molar-refractivity contribution in [3.05, 3.63) is 41.5 Å². The molecule has 0 unspecified atom stereocenters. The van der Waals surface area contributed by atoms with Crippen LogP contribution in [-0.4, -0.2) is 29.3 Å². The number of rotatable bonds is 6. The summed E-state index contributed by atoms with van der Waals surface area (Å²) >= 11 is 0. The van der Waals surface area contributed by atoms with E-state index in [0.717, 1.165) is 6.42 Å². The summed E-state index contributed by atoms with van der Waals surface area (Å²) in [6, 6.07) is 8.95. The van der Waals surface area contributed by atoms with Crippen molar-refractivity contribution in [2.45, 2.75) is 64.5 Å². The van der Waals surface area contributed by atoms with E-state index in [1.165, 1.54) is 18.4 Å². The second kappa shape index (κ2) is 7.48. The van der Waals surface area contributed by atoms with E-state index in [9.17, 15) is 4.79 Å². The van der Waals surface area contributed by atoms with Gasteiger partial charge >= 0.3 is 5.97 Å². The van der Waals surface area contributed by atoms with Crippen molar-refractivity contribution in [3.8, 4) is 0 Å². The number of esters is 1. The number of aryl methyl sites for hydroxylation is 1. The van der Waals surface area contributed by atoms with Crippen molar-refractivity contribution < 1.29 is 14.1 Å². The molecule has 6 heteroatoms. The first-order valence-corrected chi connectivity index (χ1v) is 9.15. The average Bonchev–Trinajstić information content (AvgIpc) is 3.05. The van der Waals surface area contributed by atoms with Crippen LogP contribution in [0.3, 0.4) is 0 Å². The molecule has 0 spiro atoms. The Labute approximate surface area is 154 Å². The SMILES string of the molecule is COC(=O)CCCc1nc(CN2c3ccccc3C(C)(C)C[C@H]2C)no1. The van der Waals surface area contributed by atoms with Crippen molar-refractivity contribution in [2.24, 2.45) is 0 Å². The third-order valence-corrected chi connectivity index (χ3v) is 5.10. The molecule has 1 aliphatic rings. The molecule has 0 amide bonds. The number of fused-ring (bicyclic) bond motifs is 1. The number of hydrogen-bond acceptors (Lipinski definition) is 6. The highest BCUT2D eigenvalue weighted by Crippen LogP contribution is 2.42. The molecule has 2 heterocycles. The van der Waals surface area contributed by atoms with Crippen LogP contribution in [-0.2, 0) is 27.9 Å². The maximum absolute atomic E-state index is 11.2. The maximum Gasteiger partial charge on any atom is 0.305 e. The zero-order valence-electron chi connectivity index (χ0n) is 16.0. The largest absolute Gasteiger partial charge is 0.469 e. The van der Waals surface area contributed by atoms with E-state index in [1.807, 2.05) is 0 Å². The van der Waals surface area contributed by atoms with E-state index in [4.69, 9.17) is 4.52 Å². The molecule has 0 fully saturated rings. The molecule has 0 saturated heterocycles. The summed E-state index contributed by atoms with van der Waals surface area (Å²) in [6.45, 7) is 7.46. The average molecular weight is 357 g/mol. The first-order valence-electron chi connectivity index (χ1n) is 9.15. The smallest absolute Gasteiger partial charge is 0.305 e. The second-order valence-corrected chi connectivity index (χ2v) is 7.62. The normalized spacial score (nSPS) is 18.5. The molecule has 2 aromatic rings. The Morgan fingerprint density at radius 1 is 1.38 bits per heavy atom. The van der Waals surface area contributed by atoms with E-state index in [-0.39, 0.29) is 11.4 Å². The lowest BCUT2D eigenvalue weighted by molar-refractivity contribution is -0.140. The van der Waals surface area contributed by atoms with E-state index in [0.29, 0.717) is 43.6 Å². The van der Waals surface area contributed by atoms with Gasteiger partial charge in [-0.2, -0.15) is 4.98 Å². The summed E-state index contributed by atoms with van der Waals surface area (Å²) in [5.41, 5.74) is 2.76. The van der Waals surface area contributed by atoms with Crippen LogP contribution in [0.5, 0.6) is 0 Å². The van der Waals surface area contributed by atoms with Crippen molar-refractivity contribution in [2.75, 3.05) is 12.0 Å². The second-order valence-electron chi connectivity index (χ2n) is 7.62. The van der Waals surface area contributed by atoms with Crippen LogP contribution in [0.2, 0.25) is 0 Å². The third kappa shape index (κ3) is 3.89. The summed E-state index contributed by atoms with van der Waals surface area (Å²) < 4.78 is 9.99. The van der Waals surface area contributed by atoms with Gasteiger partial charge in [-0.1, -0.05) is 37.2 Å². The van der Waals surface area contributed by atoms with Crippen molar-refractivity contribution >= 4 is 11.7 Å². The van der Waals surface area contributed by atoms with E-state index in [1.54, 1.807) is 0 Å². The fourth-order valence-corrected chi connectivity index (χ4v) is 3.83. The zero-order chi connectivity index (χ0) is 18.7. The number of benzene rings is 1. The molecule has 0 bridgehead atoms. The van der Waals surface area contributed by atoms with Crippen LogP contribution in [0.25, 0.3) is 0 Å². The predicted molar refractivity (Wildman–Crippen MR) is 99.0 cm³/mol. The first-order chi connectivity index (χ1) is 12.4. The third-order valence-electron chi connectivity index (χ3n) is 5.10. The van der Waals surface area contributed by atoms with Crippen LogP contribution in [0.4, 0.5) is 5.69 Å². The first kappa shape index (κ1) is 18.4. The number of carbonyl (C=O) groups excluding carboxylic acids is 1. The van der Waals surface area contributed by atoms with Gasteiger partial charge in [-0.05, 0) is 36.8 Å². The van der Waals surface area contributed by atoms with Crippen molar-refractivity contribution in [1.29, 1.82) is 0 Å². The highest BCUT2D eigenvalue weighted by molar-refractivity contribution is 5.69. The molecule has 1 aliphatic heterocycles. The highest BCUT2D eigenvalue weighted by atomic mass is 16.5. The number of aromatic nitrogens is 2. The maximum atomic E-state index is 11.2. The van der Waals surface area contributed by atoms with Gasteiger partial charge in [0.15, 0.2) is 5.82 Å². The van der Waals surface area contributed by atoms with Crippen molar-refractivity contribution in [3.63, 3.8) is 0 Å². The summed E-state index contributed by atoms with van der Waals surface area (Å²) in [7, 11) is 1.39. The van der Waals surface area contributed by atoms with Gasteiger partial charge in [0.1, 0.15) is 0 Å². The minimum atomic E-state index is -0.217. The van der Waals surface area contributed by atoms with E-state index in [2.05, 4.69) is 64.8 Å². The Morgan fingerprint density at radius 2 is 2.15 bits per heavy atom. The number of methoxy groups -OCH3 is 1. The fraction of sp³-hybridized carbons (Fsp3) is 0.550. The lowest BCUT2D eigenvalue weighted by Gasteiger charge is -2.44. The van der Waals surface area contributed by atoms with Crippen LogP contribution < -0.4 is 4.90 Å². The molecule has 140 valence electrons. The predicted octanol–water partition coefficient (Wildman–Crippen LogP) is 3.64.